The third-order valence-corrected chi connectivity index (χ3v) is 3.16. The largest absolute Gasteiger partial charge is 0.384 e. The van der Waals surface area contributed by atoms with Gasteiger partial charge in [0, 0.05) is 11.6 Å². The zero-order valence-corrected chi connectivity index (χ0v) is 9.99. The van der Waals surface area contributed by atoms with Crippen LogP contribution in [0.2, 0.25) is 0 Å². The van der Waals surface area contributed by atoms with E-state index in [2.05, 4.69) is 30.1 Å². The zero-order valence-electron chi connectivity index (χ0n) is 9.99. The highest BCUT2D eigenvalue weighted by atomic mass is 14.9. The summed E-state index contributed by atoms with van der Waals surface area (Å²) >= 11 is 0. The Hall–Kier alpha value is -2.21. The maximum absolute atomic E-state index is 9.01. The Labute approximate surface area is 101 Å². The standard InChI is InChI=1S/C14H15N3/c1-9(11-6-4-3-5-7-11)13-10(2)12(8-15)14(16)17-13/h3-7,9,17H,16H2,1-2H3. The number of benzene rings is 1. The molecule has 0 radical (unpaired) electrons. The van der Waals surface area contributed by atoms with Crippen molar-refractivity contribution in [2.24, 2.45) is 0 Å². The Balaban J connectivity index is 2.46. The molecule has 0 fully saturated rings. The first-order chi connectivity index (χ1) is 8.15. The van der Waals surface area contributed by atoms with Crippen LogP contribution in [0.1, 0.15) is 35.2 Å². The van der Waals surface area contributed by atoms with E-state index in [-0.39, 0.29) is 5.92 Å². The molecular formula is C14H15N3. The van der Waals surface area contributed by atoms with Crippen molar-refractivity contribution >= 4 is 5.82 Å². The Morgan fingerprint density at radius 3 is 2.47 bits per heavy atom. The molecule has 0 bridgehead atoms. The van der Waals surface area contributed by atoms with Gasteiger partial charge < -0.3 is 10.7 Å². The van der Waals surface area contributed by atoms with E-state index < -0.39 is 0 Å². The number of nitrogens with one attached hydrogen (secondary N) is 1. The molecule has 17 heavy (non-hydrogen) atoms. The van der Waals surface area contributed by atoms with Crippen LogP contribution in [0.15, 0.2) is 30.3 Å². The second-order valence-corrected chi connectivity index (χ2v) is 4.20. The Morgan fingerprint density at radius 1 is 1.29 bits per heavy atom. The van der Waals surface area contributed by atoms with E-state index >= 15 is 0 Å². The first-order valence-electron chi connectivity index (χ1n) is 5.58. The molecule has 1 unspecified atom stereocenters. The summed E-state index contributed by atoms with van der Waals surface area (Å²) in [5.74, 6) is 0.670. The summed E-state index contributed by atoms with van der Waals surface area (Å²) in [4.78, 5) is 3.12. The van der Waals surface area contributed by atoms with Crippen LogP contribution in [0.3, 0.4) is 0 Å². The maximum Gasteiger partial charge on any atom is 0.119 e. The lowest BCUT2D eigenvalue weighted by Gasteiger charge is -2.11. The van der Waals surface area contributed by atoms with E-state index in [0.717, 1.165) is 11.3 Å². The predicted octanol–water partition coefficient (Wildman–Crippen LogP) is 2.93. The first kappa shape index (κ1) is 11.3. The van der Waals surface area contributed by atoms with Crippen LogP contribution in [0.25, 0.3) is 0 Å². The van der Waals surface area contributed by atoms with Crippen molar-refractivity contribution in [1.82, 2.24) is 4.98 Å². The van der Waals surface area contributed by atoms with E-state index in [4.69, 9.17) is 11.0 Å². The van der Waals surface area contributed by atoms with Gasteiger partial charge in [-0.1, -0.05) is 37.3 Å². The monoisotopic (exact) mass is 225 g/mol. The van der Waals surface area contributed by atoms with Crippen molar-refractivity contribution in [2.45, 2.75) is 19.8 Å². The highest BCUT2D eigenvalue weighted by Crippen LogP contribution is 2.29. The van der Waals surface area contributed by atoms with Crippen LogP contribution in [0.5, 0.6) is 0 Å². The molecule has 2 rings (SSSR count). The molecule has 1 aromatic heterocycles. The number of aromatic amines is 1. The molecule has 1 aromatic carbocycles. The molecule has 1 atom stereocenters. The van der Waals surface area contributed by atoms with Crippen molar-refractivity contribution in [3.05, 3.63) is 52.7 Å². The zero-order chi connectivity index (χ0) is 12.4. The molecule has 1 heterocycles. The average Bonchev–Trinajstić information content (AvgIpc) is 2.64. The fourth-order valence-electron chi connectivity index (χ4n) is 2.12. The van der Waals surface area contributed by atoms with E-state index in [9.17, 15) is 0 Å². The number of nitrogens with two attached hydrogens (primary N) is 1. The normalized spacial score (nSPS) is 12.1. The molecule has 0 aliphatic rings. The summed E-state index contributed by atoms with van der Waals surface area (Å²) in [6.07, 6.45) is 0. The molecule has 0 amide bonds. The molecule has 3 heteroatoms. The van der Waals surface area contributed by atoms with E-state index in [1.807, 2.05) is 25.1 Å². The molecule has 0 saturated heterocycles. The fourth-order valence-corrected chi connectivity index (χ4v) is 2.12. The van der Waals surface area contributed by atoms with Gasteiger partial charge >= 0.3 is 0 Å². The number of hydrogen-bond acceptors (Lipinski definition) is 2. The van der Waals surface area contributed by atoms with Gasteiger partial charge in [-0.15, -0.1) is 0 Å². The highest BCUT2D eigenvalue weighted by Gasteiger charge is 2.17. The van der Waals surface area contributed by atoms with Crippen LogP contribution < -0.4 is 5.73 Å². The Kier molecular flexibility index (Phi) is 2.88. The fraction of sp³-hybridized carbons (Fsp3) is 0.214. The molecular weight excluding hydrogens is 210 g/mol. The van der Waals surface area contributed by atoms with Gasteiger partial charge in [0.2, 0.25) is 0 Å². The number of hydrogen-bond donors (Lipinski definition) is 2. The van der Waals surface area contributed by atoms with Gasteiger partial charge in [-0.25, -0.2) is 0 Å². The minimum absolute atomic E-state index is 0.209. The topological polar surface area (TPSA) is 65.6 Å². The Bertz CT molecular complexity index is 561. The van der Waals surface area contributed by atoms with Crippen LogP contribution in [0, 0.1) is 18.3 Å². The van der Waals surface area contributed by atoms with Crippen molar-refractivity contribution in [3.8, 4) is 6.07 Å². The summed E-state index contributed by atoms with van der Waals surface area (Å²) in [6, 6.07) is 12.3. The molecule has 0 spiro atoms. The third kappa shape index (κ3) is 1.90. The molecule has 86 valence electrons. The van der Waals surface area contributed by atoms with Crippen molar-refractivity contribution in [2.75, 3.05) is 5.73 Å². The number of anilines is 1. The first-order valence-corrected chi connectivity index (χ1v) is 5.58. The van der Waals surface area contributed by atoms with Gasteiger partial charge in [-0.2, -0.15) is 5.26 Å². The summed E-state index contributed by atoms with van der Waals surface area (Å²) in [5, 5.41) is 9.01. The Morgan fingerprint density at radius 2 is 1.94 bits per heavy atom. The van der Waals surface area contributed by atoms with Crippen molar-refractivity contribution in [3.63, 3.8) is 0 Å². The minimum Gasteiger partial charge on any atom is -0.384 e. The smallest absolute Gasteiger partial charge is 0.119 e. The van der Waals surface area contributed by atoms with E-state index in [1.54, 1.807) is 0 Å². The number of rotatable bonds is 2. The lowest BCUT2D eigenvalue weighted by atomic mass is 9.95. The quantitative estimate of drug-likeness (QED) is 0.825. The maximum atomic E-state index is 9.01. The number of H-pyrrole nitrogens is 1. The van der Waals surface area contributed by atoms with Gasteiger partial charge in [0.05, 0.1) is 5.56 Å². The van der Waals surface area contributed by atoms with Gasteiger partial charge in [0.15, 0.2) is 0 Å². The van der Waals surface area contributed by atoms with Crippen molar-refractivity contribution in [1.29, 1.82) is 5.26 Å². The second-order valence-electron chi connectivity index (χ2n) is 4.20. The SMILES string of the molecule is Cc1c(C(C)c2ccccc2)[nH]c(N)c1C#N. The predicted molar refractivity (Wildman–Crippen MR) is 68.6 cm³/mol. The van der Waals surface area contributed by atoms with Crippen LogP contribution in [-0.2, 0) is 0 Å². The summed E-state index contributed by atoms with van der Waals surface area (Å²) in [5.41, 5.74) is 9.52. The number of nitrogens with zero attached hydrogens (tertiary/aromatic N) is 1. The summed E-state index contributed by atoms with van der Waals surface area (Å²) in [7, 11) is 0. The van der Waals surface area contributed by atoms with Crippen molar-refractivity contribution < 1.29 is 0 Å². The third-order valence-electron chi connectivity index (χ3n) is 3.16. The van der Waals surface area contributed by atoms with Gasteiger partial charge in [0.1, 0.15) is 11.9 Å². The number of nitrogen functional groups attached to an aromatic ring is 1. The molecule has 0 saturated carbocycles. The summed E-state index contributed by atoms with van der Waals surface area (Å²) < 4.78 is 0. The minimum atomic E-state index is 0.209. The lowest BCUT2D eigenvalue weighted by molar-refractivity contribution is 0.874. The molecule has 3 nitrogen and oxygen atoms in total. The van der Waals surface area contributed by atoms with Crippen LogP contribution in [-0.4, -0.2) is 4.98 Å². The van der Waals surface area contributed by atoms with E-state index in [0.29, 0.717) is 11.4 Å². The second kappa shape index (κ2) is 4.34. The molecule has 2 aromatic rings. The van der Waals surface area contributed by atoms with Gasteiger partial charge in [0.25, 0.3) is 0 Å². The number of aromatic nitrogens is 1. The lowest BCUT2D eigenvalue weighted by Crippen LogP contribution is -1.98. The van der Waals surface area contributed by atoms with Gasteiger partial charge in [-0.3, -0.25) is 0 Å². The van der Waals surface area contributed by atoms with Crippen LogP contribution in [0.4, 0.5) is 5.82 Å². The molecule has 0 aliphatic heterocycles. The highest BCUT2D eigenvalue weighted by molar-refractivity contribution is 5.58. The summed E-state index contributed by atoms with van der Waals surface area (Å²) in [6.45, 7) is 4.04. The van der Waals surface area contributed by atoms with E-state index in [1.165, 1.54) is 5.56 Å². The van der Waals surface area contributed by atoms with Crippen LogP contribution >= 0.6 is 0 Å². The number of nitriles is 1. The van der Waals surface area contributed by atoms with Gasteiger partial charge in [-0.05, 0) is 18.1 Å². The molecule has 0 aliphatic carbocycles. The average molecular weight is 225 g/mol. The molecule has 3 N–H and O–H groups in total.